The molecule has 0 radical (unpaired) electrons. The number of aliphatic hydroxyl groups excluding tert-OH is 3. The van der Waals surface area contributed by atoms with Crippen LogP contribution in [-0.4, -0.2) is 15.3 Å². The van der Waals surface area contributed by atoms with Gasteiger partial charge in [-0.2, -0.15) is 0 Å². The van der Waals surface area contributed by atoms with Crippen molar-refractivity contribution in [1.82, 2.24) is 0 Å². The third-order valence-electron chi connectivity index (χ3n) is 2.33. The molecule has 0 atom stereocenters. The highest BCUT2D eigenvalue weighted by molar-refractivity contribution is 5.40. The second kappa shape index (κ2) is 5.07. The molecule has 0 aromatic heterocycles. The number of aliphatic hydroxyl groups is 3. The lowest BCUT2D eigenvalue weighted by Crippen LogP contribution is -2.08. The number of hydrogen-bond donors (Lipinski definition) is 4. The molecule has 78 valence electrons. The largest absolute Gasteiger partial charge is 0.392 e. The van der Waals surface area contributed by atoms with Crippen LogP contribution in [0.5, 0.6) is 0 Å². The standard InChI is InChI=1S/C10H15NO3/c11-3-7-1-2-8(4-12)10(6-14)9(7)5-13/h1-2,12-14H,3-6,11H2. The molecule has 0 fully saturated rings. The van der Waals surface area contributed by atoms with Crippen LogP contribution < -0.4 is 5.73 Å². The van der Waals surface area contributed by atoms with E-state index in [0.29, 0.717) is 23.2 Å². The number of rotatable bonds is 4. The highest BCUT2D eigenvalue weighted by Gasteiger charge is 2.10. The Kier molecular flexibility index (Phi) is 4.03. The van der Waals surface area contributed by atoms with Gasteiger partial charge in [0.05, 0.1) is 19.8 Å². The summed E-state index contributed by atoms with van der Waals surface area (Å²) in [5.74, 6) is 0. The molecule has 4 nitrogen and oxygen atoms in total. The zero-order valence-corrected chi connectivity index (χ0v) is 7.90. The predicted molar refractivity (Wildman–Crippen MR) is 52.1 cm³/mol. The van der Waals surface area contributed by atoms with Gasteiger partial charge in [-0.05, 0) is 22.3 Å². The van der Waals surface area contributed by atoms with Crippen LogP contribution in [0, 0.1) is 0 Å². The van der Waals surface area contributed by atoms with Crippen molar-refractivity contribution < 1.29 is 15.3 Å². The Morgan fingerprint density at radius 2 is 1.36 bits per heavy atom. The Balaban J connectivity index is 3.28. The summed E-state index contributed by atoms with van der Waals surface area (Å²) in [4.78, 5) is 0. The summed E-state index contributed by atoms with van der Waals surface area (Å²) in [5, 5.41) is 27.3. The fourth-order valence-corrected chi connectivity index (χ4v) is 1.52. The van der Waals surface area contributed by atoms with Gasteiger partial charge in [0.15, 0.2) is 0 Å². The third-order valence-corrected chi connectivity index (χ3v) is 2.33. The van der Waals surface area contributed by atoms with Crippen molar-refractivity contribution in [1.29, 1.82) is 0 Å². The van der Waals surface area contributed by atoms with E-state index in [9.17, 15) is 0 Å². The van der Waals surface area contributed by atoms with Crippen LogP contribution in [-0.2, 0) is 26.4 Å². The molecule has 0 spiro atoms. The van der Waals surface area contributed by atoms with Gasteiger partial charge in [0.2, 0.25) is 0 Å². The van der Waals surface area contributed by atoms with Crippen molar-refractivity contribution in [3.63, 3.8) is 0 Å². The summed E-state index contributed by atoms with van der Waals surface area (Å²) in [6.45, 7) is -0.196. The van der Waals surface area contributed by atoms with Crippen molar-refractivity contribution in [3.8, 4) is 0 Å². The highest BCUT2D eigenvalue weighted by atomic mass is 16.3. The monoisotopic (exact) mass is 197 g/mol. The molecule has 14 heavy (non-hydrogen) atoms. The molecular weight excluding hydrogens is 182 g/mol. The van der Waals surface area contributed by atoms with E-state index >= 15 is 0 Å². The molecule has 0 aliphatic heterocycles. The Hall–Kier alpha value is -0.940. The summed E-state index contributed by atoms with van der Waals surface area (Å²) in [5.41, 5.74) is 8.13. The minimum absolute atomic E-state index is 0.145. The third kappa shape index (κ3) is 1.93. The molecule has 1 rings (SSSR count). The summed E-state index contributed by atoms with van der Waals surface area (Å²) >= 11 is 0. The van der Waals surface area contributed by atoms with Gasteiger partial charge in [0, 0.05) is 6.54 Å². The summed E-state index contributed by atoms with van der Waals surface area (Å²) in [6, 6.07) is 3.48. The average Bonchev–Trinajstić information content (AvgIpc) is 2.26. The van der Waals surface area contributed by atoms with Crippen molar-refractivity contribution in [2.24, 2.45) is 5.73 Å². The molecule has 0 heterocycles. The van der Waals surface area contributed by atoms with E-state index in [4.69, 9.17) is 21.1 Å². The van der Waals surface area contributed by atoms with E-state index in [1.807, 2.05) is 0 Å². The van der Waals surface area contributed by atoms with Gasteiger partial charge >= 0.3 is 0 Å². The second-order valence-electron chi connectivity index (χ2n) is 3.02. The van der Waals surface area contributed by atoms with Gasteiger partial charge < -0.3 is 21.1 Å². The Labute approximate surface area is 82.6 Å². The predicted octanol–water partition coefficient (Wildman–Crippen LogP) is -0.378. The van der Waals surface area contributed by atoms with Crippen molar-refractivity contribution in [2.75, 3.05) is 0 Å². The molecule has 0 bridgehead atoms. The lowest BCUT2D eigenvalue weighted by atomic mass is 9.97. The Bertz CT molecular complexity index is 281. The maximum Gasteiger partial charge on any atom is 0.0689 e. The molecule has 0 saturated heterocycles. The van der Waals surface area contributed by atoms with Crippen LogP contribution in [0.4, 0.5) is 0 Å². The topological polar surface area (TPSA) is 86.7 Å². The quantitative estimate of drug-likeness (QED) is 0.530. The van der Waals surface area contributed by atoms with E-state index in [2.05, 4.69) is 0 Å². The SMILES string of the molecule is NCc1ccc(CO)c(CO)c1CO. The molecule has 1 aromatic rings. The first-order chi connectivity index (χ1) is 6.78. The molecule has 4 heteroatoms. The second-order valence-corrected chi connectivity index (χ2v) is 3.02. The van der Waals surface area contributed by atoms with Gasteiger partial charge in [-0.3, -0.25) is 0 Å². The van der Waals surface area contributed by atoms with E-state index in [1.165, 1.54) is 0 Å². The summed E-state index contributed by atoms with van der Waals surface area (Å²) in [6.07, 6.45) is 0. The zero-order chi connectivity index (χ0) is 10.6. The van der Waals surface area contributed by atoms with Gasteiger partial charge in [0.25, 0.3) is 0 Å². The van der Waals surface area contributed by atoms with Crippen LogP contribution in [0.15, 0.2) is 12.1 Å². The fourth-order valence-electron chi connectivity index (χ4n) is 1.52. The van der Waals surface area contributed by atoms with Crippen LogP contribution in [0.1, 0.15) is 22.3 Å². The van der Waals surface area contributed by atoms with Crippen LogP contribution in [0.2, 0.25) is 0 Å². The van der Waals surface area contributed by atoms with E-state index in [0.717, 1.165) is 5.56 Å². The summed E-state index contributed by atoms with van der Waals surface area (Å²) < 4.78 is 0. The van der Waals surface area contributed by atoms with Crippen molar-refractivity contribution >= 4 is 0 Å². The fraction of sp³-hybridized carbons (Fsp3) is 0.400. The lowest BCUT2D eigenvalue weighted by molar-refractivity contribution is 0.247. The first kappa shape index (κ1) is 11.1. The first-order valence-electron chi connectivity index (χ1n) is 4.43. The van der Waals surface area contributed by atoms with Gasteiger partial charge in [0.1, 0.15) is 0 Å². The molecule has 0 amide bonds. The van der Waals surface area contributed by atoms with Crippen molar-refractivity contribution in [2.45, 2.75) is 26.4 Å². The Morgan fingerprint density at radius 3 is 1.79 bits per heavy atom. The molecular formula is C10H15NO3. The molecule has 1 aromatic carbocycles. The van der Waals surface area contributed by atoms with Gasteiger partial charge in [-0.1, -0.05) is 12.1 Å². The summed E-state index contributed by atoms with van der Waals surface area (Å²) in [7, 11) is 0. The van der Waals surface area contributed by atoms with Crippen LogP contribution in [0.3, 0.4) is 0 Å². The zero-order valence-electron chi connectivity index (χ0n) is 7.90. The van der Waals surface area contributed by atoms with Crippen LogP contribution in [0.25, 0.3) is 0 Å². The Morgan fingerprint density at radius 1 is 0.857 bits per heavy atom. The smallest absolute Gasteiger partial charge is 0.0689 e. The molecule has 0 aliphatic rings. The average molecular weight is 197 g/mol. The highest BCUT2D eigenvalue weighted by Crippen LogP contribution is 2.19. The first-order valence-corrected chi connectivity index (χ1v) is 4.43. The number of nitrogens with two attached hydrogens (primary N) is 1. The minimum Gasteiger partial charge on any atom is -0.392 e. The molecule has 0 unspecified atom stereocenters. The normalized spacial score (nSPS) is 10.6. The molecule has 0 aliphatic carbocycles. The van der Waals surface area contributed by atoms with E-state index in [-0.39, 0.29) is 19.8 Å². The maximum absolute atomic E-state index is 9.13. The van der Waals surface area contributed by atoms with Gasteiger partial charge in [-0.15, -0.1) is 0 Å². The van der Waals surface area contributed by atoms with E-state index in [1.54, 1.807) is 12.1 Å². The van der Waals surface area contributed by atoms with E-state index < -0.39 is 0 Å². The van der Waals surface area contributed by atoms with Crippen molar-refractivity contribution in [3.05, 3.63) is 34.4 Å². The molecule has 0 saturated carbocycles. The molecule has 5 N–H and O–H groups in total. The number of benzene rings is 1. The number of hydrogen-bond acceptors (Lipinski definition) is 4. The van der Waals surface area contributed by atoms with Gasteiger partial charge in [-0.25, -0.2) is 0 Å². The lowest BCUT2D eigenvalue weighted by Gasteiger charge is -2.13. The van der Waals surface area contributed by atoms with Crippen LogP contribution >= 0.6 is 0 Å². The minimum atomic E-state index is -0.195. The maximum atomic E-state index is 9.13.